The molecule has 2 aromatic carbocycles. The Labute approximate surface area is 189 Å². The monoisotopic (exact) mass is 448 g/mol. The van der Waals surface area contributed by atoms with Crippen LogP contribution in [0.1, 0.15) is 24.8 Å². The first-order valence-corrected chi connectivity index (χ1v) is 11.6. The van der Waals surface area contributed by atoms with E-state index in [1.165, 1.54) is 10.5 Å². The summed E-state index contributed by atoms with van der Waals surface area (Å²) in [6.45, 7) is 3.18. The minimum absolute atomic E-state index is 0.128. The van der Waals surface area contributed by atoms with Crippen LogP contribution in [-0.2, 0) is 14.4 Å². The van der Waals surface area contributed by atoms with Gasteiger partial charge in [0.1, 0.15) is 5.01 Å². The number of aryl methyl sites for hydroxylation is 1. The van der Waals surface area contributed by atoms with Gasteiger partial charge in [-0.2, -0.15) is 0 Å². The molecule has 0 saturated carbocycles. The standard InChI is InChI=1S/C24H24N4O3S/c1-14-4-9-18-20(11-14)32-23(26-18)15-5-7-17(8-6-15)28-21(29)12-19(24(28)31)27-10-2-3-16(13-27)22(25)30/h4-9,11,16,19H,2-3,10,12-13H2,1H3,(H2,25,30). The first-order valence-electron chi connectivity index (χ1n) is 10.8. The number of fused-ring (bicyclic) bond motifs is 1. The predicted molar refractivity (Wildman–Crippen MR) is 124 cm³/mol. The first kappa shape index (κ1) is 20.8. The second kappa shape index (κ2) is 8.11. The number of benzene rings is 2. The van der Waals surface area contributed by atoms with Gasteiger partial charge in [0.25, 0.3) is 5.91 Å². The number of thiazole rings is 1. The number of likely N-dealkylation sites (tertiary alicyclic amines) is 1. The summed E-state index contributed by atoms with van der Waals surface area (Å²) < 4.78 is 1.13. The van der Waals surface area contributed by atoms with Gasteiger partial charge < -0.3 is 5.73 Å². The Morgan fingerprint density at radius 2 is 1.94 bits per heavy atom. The van der Waals surface area contributed by atoms with Crippen LogP contribution in [0.3, 0.4) is 0 Å². The maximum absolute atomic E-state index is 13.1. The Bertz CT molecular complexity index is 1220. The molecule has 2 saturated heterocycles. The average Bonchev–Trinajstić information content (AvgIpc) is 3.34. The molecule has 5 rings (SSSR count). The maximum atomic E-state index is 13.1. The molecule has 2 fully saturated rings. The fourth-order valence-electron chi connectivity index (χ4n) is 4.60. The van der Waals surface area contributed by atoms with E-state index in [0.29, 0.717) is 18.8 Å². The van der Waals surface area contributed by atoms with Gasteiger partial charge in [-0.05, 0) is 68.3 Å². The molecule has 7 nitrogen and oxygen atoms in total. The summed E-state index contributed by atoms with van der Waals surface area (Å²) in [7, 11) is 0. The minimum atomic E-state index is -0.531. The molecule has 1 aromatic heterocycles. The van der Waals surface area contributed by atoms with Crippen LogP contribution in [0, 0.1) is 12.8 Å². The van der Waals surface area contributed by atoms with Crippen molar-refractivity contribution in [1.29, 1.82) is 0 Å². The van der Waals surface area contributed by atoms with Gasteiger partial charge in [-0.25, -0.2) is 9.88 Å². The molecule has 32 heavy (non-hydrogen) atoms. The van der Waals surface area contributed by atoms with E-state index in [-0.39, 0.29) is 30.1 Å². The molecule has 2 unspecified atom stereocenters. The highest BCUT2D eigenvalue weighted by Crippen LogP contribution is 2.33. The van der Waals surface area contributed by atoms with Crippen LogP contribution in [-0.4, -0.2) is 46.7 Å². The van der Waals surface area contributed by atoms with Gasteiger partial charge in [0, 0.05) is 12.1 Å². The van der Waals surface area contributed by atoms with Crippen molar-refractivity contribution in [3.05, 3.63) is 48.0 Å². The number of carbonyl (C=O) groups excluding carboxylic acids is 3. The number of rotatable bonds is 4. The van der Waals surface area contributed by atoms with Gasteiger partial charge >= 0.3 is 0 Å². The van der Waals surface area contributed by atoms with E-state index >= 15 is 0 Å². The first-order chi connectivity index (χ1) is 15.4. The SMILES string of the molecule is Cc1ccc2nc(-c3ccc(N4C(=O)CC(N5CCCC(C(N)=O)C5)C4=O)cc3)sc2c1. The molecule has 3 aromatic rings. The van der Waals surface area contributed by atoms with Crippen molar-refractivity contribution in [3.8, 4) is 10.6 Å². The third-order valence-corrected chi connectivity index (χ3v) is 7.40. The molecule has 164 valence electrons. The summed E-state index contributed by atoms with van der Waals surface area (Å²) in [5.74, 6) is -1.06. The van der Waals surface area contributed by atoms with E-state index < -0.39 is 6.04 Å². The quantitative estimate of drug-likeness (QED) is 0.619. The highest BCUT2D eigenvalue weighted by molar-refractivity contribution is 7.21. The highest BCUT2D eigenvalue weighted by atomic mass is 32.1. The number of piperidine rings is 1. The van der Waals surface area contributed by atoms with Crippen molar-refractivity contribution in [1.82, 2.24) is 9.88 Å². The zero-order valence-corrected chi connectivity index (χ0v) is 18.6. The zero-order valence-electron chi connectivity index (χ0n) is 17.8. The number of amides is 3. The molecule has 2 aliphatic rings. The molecule has 2 aliphatic heterocycles. The Morgan fingerprint density at radius 3 is 2.69 bits per heavy atom. The van der Waals surface area contributed by atoms with Crippen LogP contribution in [0.2, 0.25) is 0 Å². The van der Waals surface area contributed by atoms with Gasteiger partial charge in [-0.15, -0.1) is 11.3 Å². The van der Waals surface area contributed by atoms with E-state index in [2.05, 4.69) is 13.0 Å². The largest absolute Gasteiger partial charge is 0.369 e. The number of nitrogens with two attached hydrogens (primary N) is 1. The molecule has 3 heterocycles. The predicted octanol–water partition coefficient (Wildman–Crippen LogP) is 3.10. The second-order valence-electron chi connectivity index (χ2n) is 8.56. The molecule has 0 aliphatic carbocycles. The van der Waals surface area contributed by atoms with Crippen molar-refractivity contribution in [2.24, 2.45) is 11.7 Å². The smallest absolute Gasteiger partial charge is 0.251 e. The number of hydrogen-bond acceptors (Lipinski definition) is 6. The van der Waals surface area contributed by atoms with Crippen molar-refractivity contribution in [2.45, 2.75) is 32.2 Å². The van der Waals surface area contributed by atoms with E-state index in [9.17, 15) is 14.4 Å². The van der Waals surface area contributed by atoms with Crippen molar-refractivity contribution in [2.75, 3.05) is 18.0 Å². The van der Waals surface area contributed by atoms with E-state index in [0.717, 1.165) is 33.6 Å². The number of hydrogen-bond donors (Lipinski definition) is 1. The number of primary amides is 1. The van der Waals surface area contributed by atoms with E-state index in [4.69, 9.17) is 10.7 Å². The number of anilines is 1. The Morgan fingerprint density at radius 1 is 1.16 bits per heavy atom. The number of imide groups is 1. The van der Waals surface area contributed by atoms with Crippen molar-refractivity contribution >= 4 is 45.0 Å². The lowest BCUT2D eigenvalue weighted by molar-refractivity contribution is -0.127. The second-order valence-corrected chi connectivity index (χ2v) is 9.59. The highest BCUT2D eigenvalue weighted by Gasteiger charge is 2.44. The summed E-state index contributed by atoms with van der Waals surface area (Å²) in [4.78, 5) is 45.4. The Hall–Kier alpha value is -3.10. The average molecular weight is 449 g/mol. The van der Waals surface area contributed by atoms with Gasteiger partial charge in [0.15, 0.2) is 0 Å². The molecular formula is C24H24N4O3S. The molecule has 8 heteroatoms. The normalized spacial score (nSPS) is 22.1. The van der Waals surface area contributed by atoms with Crippen LogP contribution in [0.15, 0.2) is 42.5 Å². The topological polar surface area (TPSA) is 96.6 Å². The van der Waals surface area contributed by atoms with Gasteiger partial charge in [0.05, 0.1) is 34.3 Å². The third kappa shape index (κ3) is 3.69. The summed E-state index contributed by atoms with van der Waals surface area (Å²) >= 11 is 1.62. The van der Waals surface area contributed by atoms with Gasteiger partial charge in [-0.1, -0.05) is 6.07 Å². The molecule has 2 N–H and O–H groups in total. The summed E-state index contributed by atoms with van der Waals surface area (Å²) in [6, 6.07) is 13.1. The summed E-state index contributed by atoms with van der Waals surface area (Å²) in [5, 5.41) is 0.903. The van der Waals surface area contributed by atoms with Gasteiger partial charge in [0.2, 0.25) is 11.8 Å². The van der Waals surface area contributed by atoms with Crippen LogP contribution < -0.4 is 10.6 Å². The number of nitrogens with zero attached hydrogens (tertiary/aromatic N) is 3. The van der Waals surface area contributed by atoms with Crippen LogP contribution >= 0.6 is 11.3 Å². The third-order valence-electron chi connectivity index (χ3n) is 6.34. The van der Waals surface area contributed by atoms with Crippen molar-refractivity contribution in [3.63, 3.8) is 0 Å². The molecule has 0 spiro atoms. The molecule has 0 bridgehead atoms. The van der Waals surface area contributed by atoms with Crippen LogP contribution in [0.4, 0.5) is 5.69 Å². The lowest BCUT2D eigenvalue weighted by Crippen LogP contribution is -2.49. The Balaban J connectivity index is 1.36. The van der Waals surface area contributed by atoms with E-state index in [1.807, 2.05) is 29.2 Å². The summed E-state index contributed by atoms with van der Waals surface area (Å²) in [5.41, 5.74) is 9.14. The zero-order chi connectivity index (χ0) is 22.4. The fourth-order valence-corrected chi connectivity index (χ4v) is 5.67. The molecule has 0 radical (unpaired) electrons. The lowest BCUT2D eigenvalue weighted by atomic mass is 9.96. The lowest BCUT2D eigenvalue weighted by Gasteiger charge is -2.34. The van der Waals surface area contributed by atoms with Crippen LogP contribution in [0.5, 0.6) is 0 Å². The maximum Gasteiger partial charge on any atom is 0.251 e. The number of carbonyl (C=O) groups is 3. The molecule has 2 atom stereocenters. The van der Waals surface area contributed by atoms with Crippen molar-refractivity contribution < 1.29 is 14.4 Å². The number of aromatic nitrogens is 1. The van der Waals surface area contributed by atoms with E-state index in [1.54, 1.807) is 23.5 Å². The van der Waals surface area contributed by atoms with Gasteiger partial charge in [-0.3, -0.25) is 19.3 Å². The molecular weight excluding hydrogens is 424 g/mol. The Kier molecular flexibility index (Phi) is 5.27. The minimum Gasteiger partial charge on any atom is -0.369 e. The van der Waals surface area contributed by atoms with Crippen LogP contribution in [0.25, 0.3) is 20.8 Å². The fraction of sp³-hybridized carbons (Fsp3) is 0.333. The molecule has 3 amide bonds. The summed E-state index contributed by atoms with van der Waals surface area (Å²) in [6.07, 6.45) is 1.66.